The van der Waals surface area contributed by atoms with Crippen molar-refractivity contribution in [2.75, 3.05) is 20.1 Å². The molecule has 4 saturated carbocycles. The fraction of sp³-hybridized carbons (Fsp3) is 1.00. The van der Waals surface area contributed by atoms with E-state index in [2.05, 4.69) is 24.2 Å². The van der Waals surface area contributed by atoms with E-state index in [4.69, 9.17) is 0 Å². The number of nitrogens with zero attached hydrogens (tertiary/aromatic N) is 1. The molecule has 0 aromatic carbocycles. The second kappa shape index (κ2) is 4.46. The number of likely N-dealkylation sites (tertiary alicyclic amines) is 1. The standard InChI is InChI=1S/C17H30N2/c1-12(18-16-3-4-19(2)11-16)17-8-13-5-14(9-17)7-15(6-13)10-17/h12-16,18H,3-11H2,1-2H3. The molecule has 2 nitrogen and oxygen atoms in total. The minimum Gasteiger partial charge on any atom is -0.310 e. The van der Waals surface area contributed by atoms with Crippen molar-refractivity contribution in [2.45, 2.75) is 64.0 Å². The summed E-state index contributed by atoms with van der Waals surface area (Å²) in [7, 11) is 2.26. The minimum atomic E-state index is 0.676. The van der Waals surface area contributed by atoms with E-state index in [0.29, 0.717) is 5.41 Å². The van der Waals surface area contributed by atoms with Gasteiger partial charge in [-0.05, 0) is 88.6 Å². The molecule has 0 aromatic rings. The number of hydrogen-bond acceptors (Lipinski definition) is 2. The zero-order valence-electron chi connectivity index (χ0n) is 12.7. The van der Waals surface area contributed by atoms with E-state index in [1.54, 1.807) is 19.3 Å². The maximum absolute atomic E-state index is 4.02. The molecule has 0 spiro atoms. The maximum Gasteiger partial charge on any atom is 0.0209 e. The molecule has 1 N–H and O–H groups in total. The van der Waals surface area contributed by atoms with Crippen LogP contribution >= 0.6 is 0 Å². The molecule has 5 rings (SSSR count). The molecule has 19 heavy (non-hydrogen) atoms. The van der Waals surface area contributed by atoms with Gasteiger partial charge in [-0.15, -0.1) is 0 Å². The van der Waals surface area contributed by atoms with Gasteiger partial charge in [-0.1, -0.05) is 0 Å². The lowest BCUT2D eigenvalue weighted by atomic mass is 9.48. The summed E-state index contributed by atoms with van der Waals surface area (Å²) in [6, 6.07) is 1.51. The van der Waals surface area contributed by atoms with Gasteiger partial charge in [-0.25, -0.2) is 0 Å². The first-order valence-corrected chi connectivity index (χ1v) is 8.57. The van der Waals surface area contributed by atoms with Crippen molar-refractivity contribution in [1.82, 2.24) is 10.2 Å². The molecule has 4 aliphatic carbocycles. The van der Waals surface area contributed by atoms with Crippen molar-refractivity contribution >= 4 is 0 Å². The average molecular weight is 262 g/mol. The summed E-state index contributed by atoms with van der Waals surface area (Å²) in [5.74, 6) is 3.25. The van der Waals surface area contributed by atoms with E-state index in [-0.39, 0.29) is 0 Å². The summed E-state index contributed by atoms with van der Waals surface area (Å²) < 4.78 is 0. The quantitative estimate of drug-likeness (QED) is 0.841. The van der Waals surface area contributed by atoms with Crippen LogP contribution in [0.3, 0.4) is 0 Å². The van der Waals surface area contributed by atoms with Crippen LogP contribution in [0.2, 0.25) is 0 Å². The molecule has 5 aliphatic rings. The minimum absolute atomic E-state index is 0.676. The van der Waals surface area contributed by atoms with Gasteiger partial charge < -0.3 is 10.2 Å². The van der Waals surface area contributed by atoms with Crippen LogP contribution < -0.4 is 5.32 Å². The van der Waals surface area contributed by atoms with E-state index in [1.807, 2.05) is 0 Å². The van der Waals surface area contributed by atoms with Crippen molar-refractivity contribution in [1.29, 1.82) is 0 Å². The van der Waals surface area contributed by atoms with Crippen molar-refractivity contribution in [2.24, 2.45) is 23.2 Å². The number of hydrogen-bond donors (Lipinski definition) is 1. The van der Waals surface area contributed by atoms with Crippen LogP contribution in [0.4, 0.5) is 0 Å². The molecule has 2 heteroatoms. The molecule has 5 fully saturated rings. The molecule has 2 unspecified atom stereocenters. The number of nitrogens with one attached hydrogen (secondary N) is 1. The van der Waals surface area contributed by atoms with Gasteiger partial charge in [0.15, 0.2) is 0 Å². The first-order valence-electron chi connectivity index (χ1n) is 8.57. The third kappa shape index (κ3) is 2.15. The predicted molar refractivity (Wildman–Crippen MR) is 79.1 cm³/mol. The molecule has 2 atom stereocenters. The van der Waals surface area contributed by atoms with Crippen LogP contribution in [0, 0.1) is 23.2 Å². The Hall–Kier alpha value is -0.0800. The second-order valence-electron chi connectivity index (χ2n) is 8.42. The van der Waals surface area contributed by atoms with Crippen LogP contribution in [0.15, 0.2) is 0 Å². The Balaban J connectivity index is 1.45. The molecule has 1 saturated heterocycles. The molecule has 108 valence electrons. The van der Waals surface area contributed by atoms with Gasteiger partial charge in [0.25, 0.3) is 0 Å². The summed E-state index contributed by atoms with van der Waals surface area (Å²) in [5, 5.41) is 4.02. The summed E-state index contributed by atoms with van der Waals surface area (Å²) in [4.78, 5) is 2.48. The highest BCUT2D eigenvalue weighted by atomic mass is 15.2. The maximum atomic E-state index is 4.02. The summed E-state index contributed by atoms with van der Waals surface area (Å²) in [5.41, 5.74) is 0.676. The fourth-order valence-corrected chi connectivity index (χ4v) is 6.31. The summed E-state index contributed by atoms with van der Waals surface area (Å²) in [6.07, 6.45) is 10.7. The molecule has 1 aliphatic heterocycles. The molecular weight excluding hydrogens is 232 g/mol. The third-order valence-corrected chi connectivity index (χ3v) is 6.88. The molecular formula is C17H30N2. The molecule has 0 aromatic heterocycles. The van der Waals surface area contributed by atoms with Crippen LogP contribution in [0.25, 0.3) is 0 Å². The zero-order valence-corrected chi connectivity index (χ0v) is 12.7. The third-order valence-electron chi connectivity index (χ3n) is 6.88. The van der Waals surface area contributed by atoms with Crippen LogP contribution in [0.5, 0.6) is 0 Å². The Morgan fingerprint density at radius 1 is 1.05 bits per heavy atom. The Bertz CT molecular complexity index is 316. The van der Waals surface area contributed by atoms with Gasteiger partial charge in [-0.3, -0.25) is 0 Å². The van der Waals surface area contributed by atoms with Crippen molar-refractivity contribution in [3.8, 4) is 0 Å². The topological polar surface area (TPSA) is 15.3 Å². The van der Waals surface area contributed by atoms with Crippen LogP contribution in [-0.4, -0.2) is 37.1 Å². The Kier molecular flexibility index (Phi) is 2.97. The lowest BCUT2D eigenvalue weighted by molar-refractivity contribution is -0.0719. The van der Waals surface area contributed by atoms with Gasteiger partial charge in [0, 0.05) is 18.6 Å². The molecule has 0 amide bonds. The van der Waals surface area contributed by atoms with E-state index in [1.165, 1.54) is 38.8 Å². The number of likely N-dealkylation sites (N-methyl/N-ethyl adjacent to an activating group) is 1. The Morgan fingerprint density at radius 2 is 1.63 bits per heavy atom. The Morgan fingerprint density at radius 3 is 2.11 bits per heavy atom. The fourth-order valence-electron chi connectivity index (χ4n) is 6.31. The first kappa shape index (κ1) is 12.6. The van der Waals surface area contributed by atoms with Crippen LogP contribution in [0.1, 0.15) is 51.9 Å². The SMILES string of the molecule is CC(NC1CCN(C)C1)C12CC3CC(CC(C3)C1)C2. The van der Waals surface area contributed by atoms with Gasteiger partial charge >= 0.3 is 0 Å². The summed E-state index contributed by atoms with van der Waals surface area (Å²) in [6.45, 7) is 5.05. The van der Waals surface area contributed by atoms with Gasteiger partial charge in [0.2, 0.25) is 0 Å². The molecule has 1 heterocycles. The monoisotopic (exact) mass is 262 g/mol. The smallest absolute Gasteiger partial charge is 0.0209 e. The van der Waals surface area contributed by atoms with Crippen LogP contribution in [-0.2, 0) is 0 Å². The highest BCUT2D eigenvalue weighted by Crippen LogP contribution is 2.61. The van der Waals surface area contributed by atoms with Gasteiger partial charge in [0.05, 0.1) is 0 Å². The first-order chi connectivity index (χ1) is 9.13. The van der Waals surface area contributed by atoms with E-state index >= 15 is 0 Å². The van der Waals surface area contributed by atoms with E-state index < -0.39 is 0 Å². The second-order valence-corrected chi connectivity index (χ2v) is 8.42. The molecule has 4 bridgehead atoms. The normalized spacial score (nSPS) is 50.8. The van der Waals surface area contributed by atoms with E-state index in [0.717, 1.165) is 29.8 Å². The average Bonchev–Trinajstić information content (AvgIpc) is 2.73. The van der Waals surface area contributed by atoms with Crippen molar-refractivity contribution in [3.05, 3.63) is 0 Å². The molecule has 0 radical (unpaired) electrons. The number of rotatable bonds is 3. The highest BCUT2D eigenvalue weighted by molar-refractivity contribution is 5.05. The predicted octanol–water partition coefficient (Wildman–Crippen LogP) is 2.89. The zero-order chi connectivity index (χ0) is 13.0. The van der Waals surface area contributed by atoms with Crippen molar-refractivity contribution < 1.29 is 0 Å². The largest absolute Gasteiger partial charge is 0.310 e. The van der Waals surface area contributed by atoms with E-state index in [9.17, 15) is 0 Å². The highest BCUT2D eigenvalue weighted by Gasteiger charge is 2.53. The van der Waals surface area contributed by atoms with Gasteiger partial charge in [0.1, 0.15) is 0 Å². The van der Waals surface area contributed by atoms with Gasteiger partial charge in [-0.2, -0.15) is 0 Å². The summed E-state index contributed by atoms with van der Waals surface area (Å²) >= 11 is 0. The lowest BCUT2D eigenvalue weighted by Gasteiger charge is -2.59. The van der Waals surface area contributed by atoms with Crippen molar-refractivity contribution in [3.63, 3.8) is 0 Å². The Labute approximate surface area is 118 Å². The lowest BCUT2D eigenvalue weighted by Crippen LogP contribution is -2.56.